The van der Waals surface area contributed by atoms with Gasteiger partial charge < -0.3 is 20.7 Å². The molecule has 0 aliphatic heterocycles. The fraction of sp³-hybridized carbons (Fsp3) is 0.421. The lowest BCUT2D eigenvalue weighted by Crippen LogP contribution is -2.40. The number of aliphatic imine (C=N–C) groups is 1. The number of rotatable bonds is 9. The lowest BCUT2D eigenvalue weighted by Gasteiger charge is -2.12. The van der Waals surface area contributed by atoms with Gasteiger partial charge in [0, 0.05) is 49.8 Å². The molecule has 7 nitrogen and oxygen atoms in total. The maximum atomic E-state index is 11.1. The lowest BCUT2D eigenvalue weighted by molar-refractivity contribution is -0.114. The molecule has 0 aliphatic carbocycles. The van der Waals surface area contributed by atoms with Crippen LogP contribution in [0.1, 0.15) is 23.7 Å². The minimum Gasteiger partial charge on any atom is -0.492 e. The number of anilines is 1. The van der Waals surface area contributed by atoms with Crippen molar-refractivity contribution in [1.82, 2.24) is 15.6 Å². The Bertz CT molecular complexity index is 766. The Labute approximate surface area is 187 Å². The molecule has 0 atom stereocenters. The molecule has 0 radical (unpaired) electrons. The van der Waals surface area contributed by atoms with Crippen molar-refractivity contribution in [2.24, 2.45) is 4.99 Å². The minimum atomic E-state index is -0.104. The number of nitrogens with one attached hydrogen (secondary N) is 3. The molecule has 0 saturated heterocycles. The van der Waals surface area contributed by atoms with Gasteiger partial charge in [0.1, 0.15) is 12.4 Å². The first-order valence-corrected chi connectivity index (χ1v) is 9.81. The number of thiazole rings is 1. The van der Waals surface area contributed by atoms with Gasteiger partial charge in [0.25, 0.3) is 0 Å². The topological polar surface area (TPSA) is 87.6 Å². The van der Waals surface area contributed by atoms with Crippen molar-refractivity contribution in [3.63, 3.8) is 0 Å². The number of hydrogen-bond acceptors (Lipinski definition) is 5. The van der Waals surface area contributed by atoms with Crippen LogP contribution in [0.15, 0.2) is 35.5 Å². The second-order valence-corrected chi connectivity index (χ2v) is 7.01. The highest BCUT2D eigenvalue weighted by atomic mass is 127. The second kappa shape index (κ2) is 13.3. The van der Waals surface area contributed by atoms with Crippen molar-refractivity contribution in [1.29, 1.82) is 0 Å². The number of benzene rings is 1. The highest BCUT2D eigenvalue weighted by Crippen LogP contribution is 2.17. The van der Waals surface area contributed by atoms with E-state index in [1.54, 1.807) is 24.5 Å². The summed E-state index contributed by atoms with van der Waals surface area (Å²) >= 11 is 1.76. The van der Waals surface area contributed by atoms with Crippen LogP contribution < -0.4 is 20.7 Å². The largest absolute Gasteiger partial charge is 0.492 e. The number of carbonyl (C=O) groups excluding carboxylic acids is 1. The lowest BCUT2D eigenvalue weighted by atomic mass is 10.3. The average molecular weight is 517 g/mol. The molecule has 0 bridgehead atoms. The van der Waals surface area contributed by atoms with Crippen LogP contribution in [0.25, 0.3) is 0 Å². The third-order valence-electron chi connectivity index (χ3n) is 3.62. The van der Waals surface area contributed by atoms with Crippen LogP contribution in [-0.2, 0) is 17.6 Å². The normalized spacial score (nSPS) is 10.8. The summed E-state index contributed by atoms with van der Waals surface area (Å²) in [6.45, 7) is 5.49. The number of hydrogen-bond donors (Lipinski definition) is 3. The van der Waals surface area contributed by atoms with E-state index in [0.29, 0.717) is 18.9 Å². The SMILES string of the molecule is CCc1cnc(CCNC(=NC)NCCOc2cccc(NC(C)=O)c2)s1.I. The van der Waals surface area contributed by atoms with Gasteiger partial charge in [-0.15, -0.1) is 35.3 Å². The van der Waals surface area contributed by atoms with Crippen molar-refractivity contribution in [3.05, 3.63) is 40.3 Å². The van der Waals surface area contributed by atoms with Gasteiger partial charge >= 0.3 is 0 Å². The van der Waals surface area contributed by atoms with Crippen LogP contribution in [0.3, 0.4) is 0 Å². The van der Waals surface area contributed by atoms with Crippen LogP contribution in [-0.4, -0.2) is 43.6 Å². The first-order valence-electron chi connectivity index (χ1n) is 8.99. The highest BCUT2D eigenvalue weighted by Gasteiger charge is 2.03. The summed E-state index contributed by atoms with van der Waals surface area (Å²) in [7, 11) is 1.74. The summed E-state index contributed by atoms with van der Waals surface area (Å²) in [6, 6.07) is 7.32. The zero-order valence-corrected chi connectivity index (χ0v) is 19.6. The number of nitrogens with zero attached hydrogens (tertiary/aromatic N) is 2. The molecule has 1 heterocycles. The number of aryl methyl sites for hydroxylation is 1. The van der Waals surface area contributed by atoms with Gasteiger partial charge in [-0.25, -0.2) is 4.98 Å². The van der Waals surface area contributed by atoms with Crippen LogP contribution in [0.2, 0.25) is 0 Å². The van der Waals surface area contributed by atoms with Gasteiger partial charge in [0.15, 0.2) is 5.96 Å². The predicted octanol–water partition coefficient (Wildman–Crippen LogP) is 3.07. The predicted molar refractivity (Wildman–Crippen MR) is 126 cm³/mol. The Morgan fingerprint density at radius 1 is 1.29 bits per heavy atom. The fourth-order valence-corrected chi connectivity index (χ4v) is 3.20. The fourth-order valence-electron chi connectivity index (χ4n) is 2.34. The van der Waals surface area contributed by atoms with E-state index in [1.807, 2.05) is 24.4 Å². The number of guanidine groups is 1. The van der Waals surface area contributed by atoms with E-state index in [9.17, 15) is 4.79 Å². The van der Waals surface area contributed by atoms with Crippen LogP contribution in [0, 0.1) is 0 Å². The Morgan fingerprint density at radius 3 is 2.75 bits per heavy atom. The van der Waals surface area contributed by atoms with Gasteiger partial charge in [-0.2, -0.15) is 0 Å². The van der Waals surface area contributed by atoms with E-state index < -0.39 is 0 Å². The minimum absolute atomic E-state index is 0. The monoisotopic (exact) mass is 517 g/mol. The molecular weight excluding hydrogens is 489 g/mol. The van der Waals surface area contributed by atoms with Gasteiger partial charge in [-0.3, -0.25) is 9.79 Å². The van der Waals surface area contributed by atoms with Crippen LogP contribution in [0.4, 0.5) is 5.69 Å². The van der Waals surface area contributed by atoms with E-state index in [0.717, 1.165) is 36.0 Å². The van der Waals surface area contributed by atoms with Gasteiger partial charge in [0.05, 0.1) is 11.6 Å². The second-order valence-electron chi connectivity index (χ2n) is 5.81. The van der Waals surface area contributed by atoms with E-state index in [4.69, 9.17) is 4.74 Å². The molecule has 0 fully saturated rings. The Morgan fingerprint density at radius 2 is 2.07 bits per heavy atom. The Balaban J connectivity index is 0.00000392. The summed E-state index contributed by atoms with van der Waals surface area (Å²) in [5.41, 5.74) is 0.721. The van der Waals surface area contributed by atoms with Gasteiger partial charge in [-0.05, 0) is 18.6 Å². The van der Waals surface area contributed by atoms with E-state index in [-0.39, 0.29) is 29.9 Å². The highest BCUT2D eigenvalue weighted by molar-refractivity contribution is 14.0. The number of aromatic nitrogens is 1. The maximum absolute atomic E-state index is 11.1. The molecule has 0 saturated carbocycles. The van der Waals surface area contributed by atoms with Crippen molar-refractivity contribution in [2.45, 2.75) is 26.7 Å². The maximum Gasteiger partial charge on any atom is 0.221 e. The number of halogens is 1. The van der Waals surface area contributed by atoms with Crippen molar-refractivity contribution in [3.8, 4) is 5.75 Å². The molecule has 2 rings (SSSR count). The van der Waals surface area contributed by atoms with Crippen molar-refractivity contribution < 1.29 is 9.53 Å². The number of ether oxygens (including phenoxy) is 1. The number of amides is 1. The summed E-state index contributed by atoms with van der Waals surface area (Å²) in [5, 5.41) is 10.4. The molecule has 154 valence electrons. The molecule has 1 aromatic carbocycles. The molecule has 9 heteroatoms. The summed E-state index contributed by atoms with van der Waals surface area (Å²) in [4.78, 5) is 21.0. The third-order valence-corrected chi connectivity index (χ3v) is 4.82. The zero-order valence-electron chi connectivity index (χ0n) is 16.4. The van der Waals surface area contributed by atoms with E-state index >= 15 is 0 Å². The molecule has 28 heavy (non-hydrogen) atoms. The molecule has 2 aromatic rings. The van der Waals surface area contributed by atoms with E-state index in [1.165, 1.54) is 11.8 Å². The molecule has 1 amide bonds. The average Bonchev–Trinajstić information content (AvgIpc) is 3.11. The quantitative estimate of drug-likeness (QED) is 0.206. The summed E-state index contributed by atoms with van der Waals surface area (Å²) < 4.78 is 5.71. The first-order chi connectivity index (χ1) is 13.1. The van der Waals surface area contributed by atoms with Crippen molar-refractivity contribution >= 4 is 52.9 Å². The molecule has 1 aromatic heterocycles. The van der Waals surface area contributed by atoms with Gasteiger partial charge in [-0.1, -0.05) is 13.0 Å². The Kier molecular flexibility index (Phi) is 11.5. The molecular formula is C19H28IN5O2S. The van der Waals surface area contributed by atoms with Gasteiger partial charge in [0.2, 0.25) is 5.91 Å². The number of carbonyl (C=O) groups is 1. The third kappa shape index (κ3) is 8.87. The van der Waals surface area contributed by atoms with Crippen LogP contribution in [0.5, 0.6) is 5.75 Å². The molecule has 0 spiro atoms. The summed E-state index contributed by atoms with van der Waals surface area (Å²) in [5.74, 6) is 1.34. The first kappa shape index (κ1) is 24.2. The van der Waals surface area contributed by atoms with E-state index in [2.05, 4.69) is 32.9 Å². The van der Waals surface area contributed by atoms with Crippen molar-refractivity contribution in [2.75, 3.05) is 32.1 Å². The standard InChI is InChI=1S/C19H27N5O2S.HI/c1-4-17-13-23-18(27-17)8-9-21-19(20-3)22-10-11-26-16-7-5-6-15(12-16)24-14(2)25;/h5-7,12-13H,4,8-11H2,1-3H3,(H,24,25)(H2,20,21,22);1H. The smallest absolute Gasteiger partial charge is 0.221 e. The zero-order chi connectivity index (χ0) is 19.5. The molecule has 3 N–H and O–H groups in total. The van der Waals surface area contributed by atoms with Crippen LogP contribution >= 0.6 is 35.3 Å². The molecule has 0 unspecified atom stereocenters. The molecule has 0 aliphatic rings. The Hall–Kier alpha value is -1.88. The summed E-state index contributed by atoms with van der Waals surface area (Å²) in [6.07, 6.45) is 3.85.